The summed E-state index contributed by atoms with van der Waals surface area (Å²) in [6.45, 7) is 7.51. The van der Waals surface area contributed by atoms with Crippen LogP contribution in [-0.2, 0) is 4.79 Å². The van der Waals surface area contributed by atoms with E-state index in [1.807, 2.05) is 36.2 Å². The zero-order chi connectivity index (χ0) is 25.7. The molecule has 2 aliphatic rings. The molecule has 2 unspecified atom stereocenters. The second-order valence-corrected chi connectivity index (χ2v) is 10.0. The Hall–Kier alpha value is -3.29. The molecule has 0 bridgehead atoms. The number of piperazine rings is 1. The summed E-state index contributed by atoms with van der Waals surface area (Å²) in [6, 6.07) is 10.1. The molecule has 2 aromatic rings. The van der Waals surface area contributed by atoms with E-state index in [9.17, 15) is 9.59 Å². The number of aliphatic imine (C=N–C) groups is 2. The smallest absolute Gasteiger partial charge is 0.291 e. The number of hydrogen-bond acceptors (Lipinski definition) is 5. The van der Waals surface area contributed by atoms with Gasteiger partial charge in [-0.15, -0.1) is 0 Å². The molecule has 36 heavy (non-hydrogen) atoms. The Morgan fingerprint density at radius 3 is 2.61 bits per heavy atom. The summed E-state index contributed by atoms with van der Waals surface area (Å²) in [5.74, 6) is 0.972. The number of benzene rings is 1. The van der Waals surface area contributed by atoms with Gasteiger partial charge in [0.05, 0.1) is 5.54 Å². The standard InChI is InChI=1S/C28H37N5O3/c1-5-14-28(3)19-32(26(34)23-18-36-25(31-23)22-12-13-22)15-16-33(28)27(35)24(29-4)30-17-20(6-2)21-10-8-7-9-11-21/h7-11,17-18,20,22H,5-6,12-16,19H2,1-4H3. The van der Waals surface area contributed by atoms with Crippen molar-refractivity contribution in [3.8, 4) is 0 Å². The molecular formula is C28H37N5O3. The molecule has 2 fully saturated rings. The molecule has 1 saturated heterocycles. The molecule has 8 heteroatoms. The highest BCUT2D eigenvalue weighted by Gasteiger charge is 2.43. The summed E-state index contributed by atoms with van der Waals surface area (Å²) >= 11 is 0. The topological polar surface area (TPSA) is 91.4 Å². The van der Waals surface area contributed by atoms with Crippen LogP contribution in [0.5, 0.6) is 0 Å². The van der Waals surface area contributed by atoms with Gasteiger partial charge in [0.1, 0.15) is 6.26 Å². The number of amidine groups is 1. The Kier molecular flexibility index (Phi) is 8.01. The van der Waals surface area contributed by atoms with Crippen molar-refractivity contribution in [1.82, 2.24) is 14.8 Å². The van der Waals surface area contributed by atoms with Crippen molar-refractivity contribution in [3.63, 3.8) is 0 Å². The predicted molar refractivity (Wildman–Crippen MR) is 141 cm³/mol. The fraction of sp³-hybridized carbons (Fsp3) is 0.536. The van der Waals surface area contributed by atoms with E-state index in [1.165, 1.54) is 6.26 Å². The third-order valence-electron chi connectivity index (χ3n) is 7.21. The molecule has 0 N–H and O–H groups in total. The van der Waals surface area contributed by atoms with Crippen molar-refractivity contribution in [3.05, 3.63) is 53.7 Å². The van der Waals surface area contributed by atoms with Crippen LogP contribution < -0.4 is 0 Å². The molecule has 2 heterocycles. The summed E-state index contributed by atoms with van der Waals surface area (Å²) in [6.07, 6.45) is 7.95. The number of carbonyl (C=O) groups excluding carboxylic acids is 2. The van der Waals surface area contributed by atoms with Gasteiger partial charge in [-0.3, -0.25) is 14.6 Å². The largest absolute Gasteiger partial charge is 0.448 e. The molecule has 1 aromatic carbocycles. The minimum absolute atomic E-state index is 0.107. The van der Waals surface area contributed by atoms with E-state index in [0.717, 1.165) is 37.7 Å². The van der Waals surface area contributed by atoms with E-state index in [4.69, 9.17) is 4.42 Å². The van der Waals surface area contributed by atoms with Crippen molar-refractivity contribution < 1.29 is 14.0 Å². The number of amides is 2. The molecule has 1 aromatic heterocycles. The SMILES string of the molecule is CCCC1(C)CN(C(=O)c2coc(C3CC3)n2)CCN1C(=O)C(N=CC(CC)c1ccccc1)=NC. The third-order valence-corrected chi connectivity index (χ3v) is 7.21. The molecule has 2 atom stereocenters. The van der Waals surface area contributed by atoms with E-state index in [1.54, 1.807) is 11.9 Å². The van der Waals surface area contributed by atoms with Crippen LogP contribution >= 0.6 is 0 Å². The Balaban J connectivity index is 1.48. The molecule has 1 aliphatic heterocycles. The molecule has 0 spiro atoms. The van der Waals surface area contributed by atoms with Crippen LogP contribution in [0.3, 0.4) is 0 Å². The number of oxazole rings is 1. The van der Waals surface area contributed by atoms with Crippen molar-refractivity contribution in [2.45, 2.75) is 70.3 Å². The molecule has 4 rings (SSSR count). The van der Waals surface area contributed by atoms with Gasteiger partial charge in [-0.2, -0.15) is 0 Å². The molecule has 192 valence electrons. The maximum Gasteiger partial charge on any atom is 0.291 e. The molecule has 1 aliphatic carbocycles. The average molecular weight is 492 g/mol. The highest BCUT2D eigenvalue weighted by atomic mass is 16.3. The van der Waals surface area contributed by atoms with Gasteiger partial charge in [0.25, 0.3) is 11.8 Å². The van der Waals surface area contributed by atoms with E-state index in [0.29, 0.717) is 37.1 Å². The maximum absolute atomic E-state index is 13.6. The highest BCUT2D eigenvalue weighted by molar-refractivity contribution is 6.39. The van der Waals surface area contributed by atoms with Gasteiger partial charge >= 0.3 is 0 Å². The van der Waals surface area contributed by atoms with Crippen LogP contribution in [0.4, 0.5) is 0 Å². The third kappa shape index (κ3) is 5.58. The van der Waals surface area contributed by atoms with Crippen molar-refractivity contribution in [1.29, 1.82) is 0 Å². The Bertz CT molecular complexity index is 1120. The first-order valence-corrected chi connectivity index (χ1v) is 13.0. The number of nitrogens with zero attached hydrogens (tertiary/aromatic N) is 5. The number of aromatic nitrogens is 1. The molecular weight excluding hydrogens is 454 g/mol. The van der Waals surface area contributed by atoms with Crippen molar-refractivity contribution in [2.75, 3.05) is 26.7 Å². The monoisotopic (exact) mass is 491 g/mol. The zero-order valence-electron chi connectivity index (χ0n) is 21.8. The number of hydrogen-bond donors (Lipinski definition) is 0. The molecule has 8 nitrogen and oxygen atoms in total. The Morgan fingerprint density at radius 2 is 1.97 bits per heavy atom. The maximum atomic E-state index is 13.6. The lowest BCUT2D eigenvalue weighted by molar-refractivity contribution is -0.133. The van der Waals surface area contributed by atoms with Gasteiger partial charge < -0.3 is 14.2 Å². The average Bonchev–Trinajstić information content (AvgIpc) is 3.62. The Labute approximate surface area is 213 Å². The summed E-state index contributed by atoms with van der Waals surface area (Å²) in [5, 5.41) is 0. The zero-order valence-corrected chi connectivity index (χ0v) is 21.8. The molecule has 2 amide bonds. The normalized spacial score (nSPS) is 21.7. The summed E-state index contributed by atoms with van der Waals surface area (Å²) < 4.78 is 5.54. The quantitative estimate of drug-likeness (QED) is 0.415. The van der Waals surface area contributed by atoms with E-state index >= 15 is 0 Å². The van der Waals surface area contributed by atoms with Crippen LogP contribution in [0.25, 0.3) is 0 Å². The first-order valence-electron chi connectivity index (χ1n) is 13.0. The van der Waals surface area contributed by atoms with Gasteiger partial charge in [0.2, 0.25) is 5.84 Å². The van der Waals surface area contributed by atoms with E-state index in [2.05, 4.69) is 40.9 Å². The van der Waals surface area contributed by atoms with Gasteiger partial charge in [-0.25, -0.2) is 9.98 Å². The van der Waals surface area contributed by atoms with Crippen LogP contribution in [0.15, 0.2) is 51.0 Å². The highest BCUT2D eigenvalue weighted by Crippen LogP contribution is 2.39. The fourth-order valence-corrected chi connectivity index (χ4v) is 5.02. The summed E-state index contributed by atoms with van der Waals surface area (Å²) in [7, 11) is 1.60. The van der Waals surface area contributed by atoms with Gasteiger partial charge in [0, 0.05) is 44.7 Å². The van der Waals surface area contributed by atoms with Crippen LogP contribution in [0.2, 0.25) is 0 Å². The van der Waals surface area contributed by atoms with Gasteiger partial charge in [-0.05, 0) is 38.2 Å². The minimum atomic E-state index is -0.530. The van der Waals surface area contributed by atoms with Crippen LogP contribution in [-0.4, -0.2) is 70.9 Å². The first-order chi connectivity index (χ1) is 17.4. The second-order valence-electron chi connectivity index (χ2n) is 10.0. The van der Waals surface area contributed by atoms with Crippen LogP contribution in [0, 0.1) is 0 Å². The number of rotatable bonds is 7. The lowest BCUT2D eigenvalue weighted by Gasteiger charge is -2.48. The second kappa shape index (κ2) is 11.2. The molecule has 0 radical (unpaired) electrons. The minimum Gasteiger partial charge on any atom is -0.448 e. The lowest BCUT2D eigenvalue weighted by atomic mass is 9.90. The van der Waals surface area contributed by atoms with Crippen LogP contribution in [0.1, 0.15) is 86.7 Å². The first kappa shape index (κ1) is 25.8. The predicted octanol–water partition coefficient (Wildman–Crippen LogP) is 4.69. The summed E-state index contributed by atoms with van der Waals surface area (Å²) in [5.41, 5.74) is 0.979. The van der Waals surface area contributed by atoms with Crippen molar-refractivity contribution in [2.24, 2.45) is 9.98 Å². The van der Waals surface area contributed by atoms with Crippen molar-refractivity contribution >= 4 is 23.9 Å². The van der Waals surface area contributed by atoms with Gasteiger partial charge in [0.15, 0.2) is 11.6 Å². The lowest BCUT2D eigenvalue weighted by Crippen LogP contribution is -2.64. The number of carbonyl (C=O) groups is 2. The fourth-order valence-electron chi connectivity index (χ4n) is 5.02. The summed E-state index contributed by atoms with van der Waals surface area (Å²) in [4.78, 5) is 43.7. The molecule has 1 saturated carbocycles. The van der Waals surface area contributed by atoms with E-state index < -0.39 is 5.54 Å². The van der Waals surface area contributed by atoms with E-state index in [-0.39, 0.29) is 23.6 Å². The van der Waals surface area contributed by atoms with Gasteiger partial charge in [-0.1, -0.05) is 50.6 Å². The Morgan fingerprint density at radius 1 is 1.22 bits per heavy atom.